The Bertz CT molecular complexity index is 760. The topological polar surface area (TPSA) is 66.8 Å². The molecule has 3 rings (SSSR count). The highest BCUT2D eigenvalue weighted by molar-refractivity contribution is 5.79. The van der Waals surface area contributed by atoms with Crippen molar-refractivity contribution in [2.75, 3.05) is 19.7 Å². The van der Waals surface area contributed by atoms with Crippen LogP contribution in [-0.4, -0.2) is 41.6 Å². The van der Waals surface area contributed by atoms with E-state index in [1.54, 1.807) is 4.90 Å². The van der Waals surface area contributed by atoms with Crippen molar-refractivity contribution in [3.63, 3.8) is 0 Å². The lowest BCUT2D eigenvalue weighted by molar-refractivity contribution is -0.146. The smallest absolute Gasteiger partial charge is 0.308 e. The first-order valence-corrected chi connectivity index (χ1v) is 8.88. The Morgan fingerprint density at radius 3 is 2.58 bits per heavy atom. The third kappa shape index (κ3) is 4.63. The molecule has 0 bridgehead atoms. The number of aliphatic carboxylic acids is 1. The van der Waals surface area contributed by atoms with Crippen LogP contribution in [0.5, 0.6) is 5.75 Å². The summed E-state index contributed by atoms with van der Waals surface area (Å²) in [5.74, 6) is -0.781. The zero-order chi connectivity index (χ0) is 18.4. The normalized spacial score (nSPS) is 16.9. The summed E-state index contributed by atoms with van der Waals surface area (Å²) in [6.07, 6.45) is 2.07. The zero-order valence-corrected chi connectivity index (χ0v) is 14.6. The second kappa shape index (κ2) is 8.52. The number of hydrogen-bond acceptors (Lipinski definition) is 3. The Hall–Kier alpha value is -2.82. The predicted molar refractivity (Wildman–Crippen MR) is 98.1 cm³/mol. The quantitative estimate of drug-likeness (QED) is 0.867. The molecule has 0 aliphatic carbocycles. The number of carbonyl (C=O) groups excluding carboxylic acids is 1. The van der Waals surface area contributed by atoms with Crippen LogP contribution < -0.4 is 4.74 Å². The summed E-state index contributed by atoms with van der Waals surface area (Å²) in [5, 5.41) is 9.15. The minimum absolute atomic E-state index is 0.0713. The molecular weight excluding hydrogens is 330 g/mol. The molecule has 0 saturated carbocycles. The fourth-order valence-corrected chi connectivity index (χ4v) is 3.24. The standard InChI is InChI=1S/C21H23NO4/c23-20(22-12-6-10-18(14-22)21(24)25)15-26-19-11-5-4-9-17(19)13-16-7-2-1-3-8-16/h1-5,7-9,11,18H,6,10,12-15H2,(H,24,25)/t18-/m0/s1. The number of carbonyl (C=O) groups is 2. The largest absolute Gasteiger partial charge is 0.483 e. The predicted octanol–water partition coefficient (Wildman–Crippen LogP) is 2.98. The lowest BCUT2D eigenvalue weighted by Crippen LogP contribution is -2.44. The van der Waals surface area contributed by atoms with E-state index in [1.165, 1.54) is 5.56 Å². The van der Waals surface area contributed by atoms with Gasteiger partial charge in [0.2, 0.25) is 0 Å². The van der Waals surface area contributed by atoms with Gasteiger partial charge >= 0.3 is 5.97 Å². The van der Waals surface area contributed by atoms with Crippen LogP contribution >= 0.6 is 0 Å². The van der Waals surface area contributed by atoms with Gasteiger partial charge in [-0.2, -0.15) is 0 Å². The summed E-state index contributed by atoms with van der Waals surface area (Å²) in [6.45, 7) is 0.791. The molecule has 1 saturated heterocycles. The summed E-state index contributed by atoms with van der Waals surface area (Å²) in [6, 6.07) is 17.8. The maximum absolute atomic E-state index is 12.4. The molecule has 1 amide bonds. The van der Waals surface area contributed by atoms with Gasteiger partial charge in [-0.05, 0) is 30.0 Å². The maximum atomic E-state index is 12.4. The van der Waals surface area contributed by atoms with Gasteiger partial charge in [-0.15, -0.1) is 0 Å². The number of carboxylic acid groups (broad SMARTS) is 1. The number of carboxylic acids is 1. The molecule has 5 heteroatoms. The Morgan fingerprint density at radius 1 is 1.08 bits per heavy atom. The molecule has 0 aromatic heterocycles. The molecule has 0 spiro atoms. The number of amides is 1. The van der Waals surface area contributed by atoms with Gasteiger partial charge in [-0.1, -0.05) is 48.5 Å². The fourth-order valence-electron chi connectivity index (χ4n) is 3.24. The van der Waals surface area contributed by atoms with Crippen molar-refractivity contribution in [1.82, 2.24) is 4.90 Å². The average Bonchev–Trinajstić information content (AvgIpc) is 2.68. The van der Waals surface area contributed by atoms with Crippen molar-refractivity contribution in [3.05, 3.63) is 65.7 Å². The molecule has 1 aliphatic heterocycles. The van der Waals surface area contributed by atoms with Crippen molar-refractivity contribution >= 4 is 11.9 Å². The molecule has 1 N–H and O–H groups in total. The molecule has 2 aromatic rings. The van der Waals surface area contributed by atoms with Crippen LogP contribution in [0.3, 0.4) is 0 Å². The van der Waals surface area contributed by atoms with Gasteiger partial charge < -0.3 is 14.7 Å². The number of para-hydroxylation sites is 1. The minimum atomic E-state index is -0.836. The first-order chi connectivity index (χ1) is 12.6. The van der Waals surface area contributed by atoms with Gasteiger partial charge in [-0.3, -0.25) is 9.59 Å². The fraction of sp³-hybridized carbons (Fsp3) is 0.333. The number of hydrogen-bond donors (Lipinski definition) is 1. The number of likely N-dealkylation sites (tertiary alicyclic amines) is 1. The van der Waals surface area contributed by atoms with E-state index in [0.29, 0.717) is 25.1 Å². The van der Waals surface area contributed by atoms with Crippen LogP contribution in [0, 0.1) is 5.92 Å². The first kappa shape index (κ1) is 18.0. The van der Waals surface area contributed by atoms with E-state index < -0.39 is 11.9 Å². The third-order valence-corrected chi connectivity index (χ3v) is 4.68. The molecule has 1 aliphatic rings. The molecule has 5 nitrogen and oxygen atoms in total. The van der Waals surface area contributed by atoms with Crippen molar-refractivity contribution < 1.29 is 19.4 Å². The van der Waals surface area contributed by atoms with E-state index in [9.17, 15) is 9.59 Å². The van der Waals surface area contributed by atoms with Gasteiger partial charge in [-0.25, -0.2) is 0 Å². The lowest BCUT2D eigenvalue weighted by Gasteiger charge is -2.30. The molecule has 1 heterocycles. The average molecular weight is 353 g/mol. The van der Waals surface area contributed by atoms with Crippen molar-refractivity contribution in [2.24, 2.45) is 5.92 Å². The van der Waals surface area contributed by atoms with Crippen LogP contribution in [0.1, 0.15) is 24.0 Å². The van der Waals surface area contributed by atoms with Crippen molar-refractivity contribution in [1.29, 1.82) is 0 Å². The zero-order valence-electron chi connectivity index (χ0n) is 14.6. The van der Waals surface area contributed by atoms with Crippen LogP contribution in [0.25, 0.3) is 0 Å². The van der Waals surface area contributed by atoms with Gasteiger partial charge in [0.15, 0.2) is 6.61 Å². The van der Waals surface area contributed by atoms with E-state index in [0.717, 1.165) is 12.0 Å². The van der Waals surface area contributed by atoms with Gasteiger partial charge in [0.1, 0.15) is 5.75 Å². The monoisotopic (exact) mass is 353 g/mol. The van der Waals surface area contributed by atoms with Crippen LogP contribution in [0.2, 0.25) is 0 Å². The number of ether oxygens (including phenoxy) is 1. The van der Waals surface area contributed by atoms with E-state index in [1.807, 2.05) is 42.5 Å². The van der Waals surface area contributed by atoms with E-state index in [-0.39, 0.29) is 19.1 Å². The molecular formula is C21H23NO4. The molecule has 136 valence electrons. The van der Waals surface area contributed by atoms with Gasteiger partial charge in [0.25, 0.3) is 5.91 Å². The second-order valence-electron chi connectivity index (χ2n) is 6.58. The first-order valence-electron chi connectivity index (χ1n) is 8.88. The third-order valence-electron chi connectivity index (χ3n) is 4.68. The van der Waals surface area contributed by atoms with Crippen molar-refractivity contribution in [2.45, 2.75) is 19.3 Å². The number of piperidine rings is 1. The van der Waals surface area contributed by atoms with Crippen molar-refractivity contribution in [3.8, 4) is 5.75 Å². The molecule has 0 unspecified atom stereocenters. The highest BCUT2D eigenvalue weighted by atomic mass is 16.5. The minimum Gasteiger partial charge on any atom is -0.483 e. The molecule has 26 heavy (non-hydrogen) atoms. The van der Waals surface area contributed by atoms with Crippen LogP contribution in [-0.2, 0) is 16.0 Å². The molecule has 1 atom stereocenters. The number of nitrogens with zero attached hydrogens (tertiary/aromatic N) is 1. The Labute approximate surface area is 153 Å². The van der Waals surface area contributed by atoms with E-state index >= 15 is 0 Å². The van der Waals surface area contributed by atoms with E-state index in [2.05, 4.69) is 12.1 Å². The summed E-state index contributed by atoms with van der Waals surface area (Å²) in [5.41, 5.74) is 2.20. The van der Waals surface area contributed by atoms with E-state index in [4.69, 9.17) is 9.84 Å². The highest BCUT2D eigenvalue weighted by Crippen LogP contribution is 2.22. The van der Waals surface area contributed by atoms with Gasteiger partial charge in [0, 0.05) is 19.5 Å². The summed E-state index contributed by atoms with van der Waals surface area (Å²) >= 11 is 0. The Morgan fingerprint density at radius 2 is 1.81 bits per heavy atom. The summed E-state index contributed by atoms with van der Waals surface area (Å²) in [7, 11) is 0. The maximum Gasteiger partial charge on any atom is 0.308 e. The lowest BCUT2D eigenvalue weighted by atomic mass is 9.98. The number of rotatable bonds is 6. The summed E-state index contributed by atoms with van der Waals surface area (Å²) in [4.78, 5) is 25.2. The number of benzene rings is 2. The van der Waals surface area contributed by atoms with Crippen LogP contribution in [0.15, 0.2) is 54.6 Å². The molecule has 0 radical (unpaired) electrons. The SMILES string of the molecule is O=C(O)[C@H]1CCCN(C(=O)COc2ccccc2Cc2ccccc2)C1. The highest BCUT2D eigenvalue weighted by Gasteiger charge is 2.28. The molecule has 1 fully saturated rings. The molecule has 2 aromatic carbocycles. The Kier molecular flexibility index (Phi) is 5.89. The van der Waals surface area contributed by atoms with Gasteiger partial charge in [0.05, 0.1) is 5.92 Å². The summed E-state index contributed by atoms with van der Waals surface area (Å²) < 4.78 is 5.78. The van der Waals surface area contributed by atoms with Crippen LogP contribution in [0.4, 0.5) is 0 Å². The second-order valence-corrected chi connectivity index (χ2v) is 6.58. The Balaban J connectivity index is 1.61.